The Hall–Kier alpha value is -0.880. The Kier molecular flexibility index (Phi) is 4.70. The molecule has 6 heteroatoms. The predicted molar refractivity (Wildman–Crippen MR) is 53.7 cm³/mol. The van der Waals surface area contributed by atoms with Gasteiger partial charge in [-0.25, -0.2) is 17.6 Å². The highest BCUT2D eigenvalue weighted by Gasteiger charge is 2.53. The summed E-state index contributed by atoms with van der Waals surface area (Å²) >= 11 is 0. The molecule has 0 heterocycles. The quantitative estimate of drug-likeness (QED) is 0.407. The number of ether oxygens (including phenoxy) is 2. The highest BCUT2D eigenvalue weighted by Crippen LogP contribution is 2.46. The third-order valence-corrected chi connectivity index (χ3v) is 2.31. The van der Waals surface area contributed by atoms with Crippen molar-refractivity contribution in [3.05, 3.63) is 23.3 Å². The van der Waals surface area contributed by atoms with Crippen molar-refractivity contribution in [2.24, 2.45) is 0 Å². The summed E-state index contributed by atoms with van der Waals surface area (Å²) in [6.45, 7) is 3.08. The van der Waals surface area contributed by atoms with Crippen molar-refractivity contribution >= 4 is 0 Å². The van der Waals surface area contributed by atoms with Gasteiger partial charge in [-0.2, -0.15) is 0 Å². The van der Waals surface area contributed by atoms with Gasteiger partial charge in [0.2, 0.25) is 11.7 Å². The molecule has 0 spiro atoms. The lowest BCUT2D eigenvalue weighted by Gasteiger charge is -2.27. The van der Waals surface area contributed by atoms with Crippen LogP contribution in [0, 0.1) is 0 Å². The maximum absolute atomic E-state index is 13.5. The minimum Gasteiger partial charge on any atom is -0.339 e. The Morgan fingerprint density at radius 1 is 0.941 bits per heavy atom. The van der Waals surface area contributed by atoms with Crippen LogP contribution < -0.4 is 0 Å². The molecule has 0 amide bonds. The van der Waals surface area contributed by atoms with E-state index in [-0.39, 0.29) is 13.2 Å². The van der Waals surface area contributed by atoms with E-state index in [2.05, 4.69) is 0 Å². The molecule has 0 aliphatic heterocycles. The van der Waals surface area contributed by atoms with Crippen LogP contribution in [0.5, 0.6) is 0 Å². The Labute approximate surface area is 96.9 Å². The number of hydrogen-bond acceptors (Lipinski definition) is 2. The average Bonchev–Trinajstić information content (AvgIpc) is 2.47. The first-order chi connectivity index (χ1) is 8.01. The normalized spacial score (nSPS) is 19.4. The lowest BCUT2D eigenvalue weighted by Crippen LogP contribution is -2.37. The van der Waals surface area contributed by atoms with E-state index >= 15 is 0 Å². The molecule has 0 aromatic carbocycles. The molecule has 1 aliphatic rings. The molecule has 0 atom stereocenters. The summed E-state index contributed by atoms with van der Waals surface area (Å²) in [4.78, 5) is 0. The molecular weight excluding hydrogens is 240 g/mol. The number of halogens is 4. The zero-order valence-electron chi connectivity index (χ0n) is 9.66. The van der Waals surface area contributed by atoms with Crippen LogP contribution in [-0.2, 0) is 9.47 Å². The van der Waals surface area contributed by atoms with Gasteiger partial charge in [-0.1, -0.05) is 13.3 Å². The number of allylic oxidation sites excluding steroid dienone is 2. The first-order valence-electron chi connectivity index (χ1n) is 5.41. The van der Waals surface area contributed by atoms with Gasteiger partial charge in [0.25, 0.3) is 5.79 Å². The minimum absolute atomic E-state index is 0.0576. The van der Waals surface area contributed by atoms with Gasteiger partial charge in [-0.05, 0) is 13.3 Å². The fraction of sp³-hybridized carbons (Fsp3) is 0.636. The van der Waals surface area contributed by atoms with Crippen LogP contribution in [-0.4, -0.2) is 19.0 Å². The minimum atomic E-state index is -2.67. The summed E-state index contributed by atoms with van der Waals surface area (Å²) in [7, 11) is 0. The summed E-state index contributed by atoms with van der Waals surface area (Å²) in [5, 5.41) is 0. The fourth-order valence-electron chi connectivity index (χ4n) is 1.44. The van der Waals surface area contributed by atoms with Crippen LogP contribution in [0.4, 0.5) is 17.6 Å². The zero-order valence-corrected chi connectivity index (χ0v) is 9.66. The van der Waals surface area contributed by atoms with E-state index in [1.54, 1.807) is 0 Å². The molecule has 0 aromatic heterocycles. The van der Waals surface area contributed by atoms with Crippen molar-refractivity contribution in [2.75, 3.05) is 13.2 Å². The van der Waals surface area contributed by atoms with Crippen LogP contribution in [0.2, 0.25) is 0 Å². The Balaban J connectivity index is 2.99. The summed E-state index contributed by atoms with van der Waals surface area (Å²) in [6.07, 6.45) is 1.21. The maximum Gasteiger partial charge on any atom is 0.282 e. The fourth-order valence-corrected chi connectivity index (χ4v) is 1.44. The van der Waals surface area contributed by atoms with Crippen LogP contribution in [0.15, 0.2) is 23.3 Å². The molecule has 0 fully saturated rings. The lowest BCUT2D eigenvalue weighted by atomic mass is 10.2. The van der Waals surface area contributed by atoms with Gasteiger partial charge < -0.3 is 9.47 Å². The van der Waals surface area contributed by atoms with E-state index in [9.17, 15) is 17.6 Å². The van der Waals surface area contributed by atoms with Gasteiger partial charge in [-0.3, -0.25) is 0 Å². The first-order valence-corrected chi connectivity index (χ1v) is 5.41. The Morgan fingerprint density at radius 2 is 1.47 bits per heavy atom. The van der Waals surface area contributed by atoms with E-state index in [1.807, 2.05) is 6.92 Å². The topological polar surface area (TPSA) is 18.5 Å². The molecule has 2 nitrogen and oxygen atoms in total. The molecule has 0 bridgehead atoms. The van der Waals surface area contributed by atoms with Gasteiger partial charge in [0.1, 0.15) is 0 Å². The molecule has 98 valence electrons. The van der Waals surface area contributed by atoms with Crippen LogP contribution >= 0.6 is 0 Å². The second-order valence-electron chi connectivity index (χ2n) is 3.51. The van der Waals surface area contributed by atoms with E-state index in [4.69, 9.17) is 9.47 Å². The molecular formula is C11H14F4O2. The SMILES string of the molecule is CCCCOC1(OCC)C(F)=C(F)C(F)=C1F. The van der Waals surface area contributed by atoms with Gasteiger partial charge in [0.05, 0.1) is 6.61 Å². The third-order valence-electron chi connectivity index (χ3n) is 2.31. The molecule has 0 radical (unpaired) electrons. The van der Waals surface area contributed by atoms with Crippen LogP contribution in [0.25, 0.3) is 0 Å². The molecule has 1 rings (SSSR count). The molecule has 1 aliphatic carbocycles. The number of rotatable bonds is 6. The van der Waals surface area contributed by atoms with Crippen LogP contribution in [0.3, 0.4) is 0 Å². The third kappa shape index (κ3) is 2.37. The van der Waals surface area contributed by atoms with Crippen LogP contribution in [0.1, 0.15) is 26.7 Å². The second kappa shape index (κ2) is 5.64. The summed E-state index contributed by atoms with van der Waals surface area (Å²) in [5.41, 5.74) is 0. The van der Waals surface area contributed by atoms with Crippen molar-refractivity contribution in [3.8, 4) is 0 Å². The molecule has 17 heavy (non-hydrogen) atoms. The van der Waals surface area contributed by atoms with Crippen molar-refractivity contribution in [1.82, 2.24) is 0 Å². The maximum atomic E-state index is 13.5. The standard InChI is InChI=1S/C11H14F4O2/c1-3-5-6-17-11(16-4-2)9(14)7(12)8(13)10(11)15/h3-6H2,1-2H3. The molecule has 0 saturated carbocycles. The second-order valence-corrected chi connectivity index (χ2v) is 3.51. The lowest BCUT2D eigenvalue weighted by molar-refractivity contribution is -0.203. The van der Waals surface area contributed by atoms with E-state index in [1.165, 1.54) is 6.92 Å². The van der Waals surface area contributed by atoms with Crippen molar-refractivity contribution < 1.29 is 27.0 Å². The molecule has 0 saturated heterocycles. The summed E-state index contributed by atoms with van der Waals surface area (Å²) in [5.74, 6) is -9.87. The summed E-state index contributed by atoms with van der Waals surface area (Å²) < 4.78 is 62.5. The monoisotopic (exact) mass is 254 g/mol. The van der Waals surface area contributed by atoms with Crippen molar-refractivity contribution in [1.29, 1.82) is 0 Å². The number of unbranched alkanes of at least 4 members (excludes halogenated alkanes) is 1. The first kappa shape index (κ1) is 14.2. The van der Waals surface area contributed by atoms with E-state index in [0.29, 0.717) is 12.8 Å². The van der Waals surface area contributed by atoms with Crippen molar-refractivity contribution in [3.63, 3.8) is 0 Å². The number of hydrogen-bond donors (Lipinski definition) is 0. The Bertz CT molecular complexity index is 325. The molecule has 0 aromatic rings. The van der Waals surface area contributed by atoms with Gasteiger partial charge in [0.15, 0.2) is 11.7 Å². The smallest absolute Gasteiger partial charge is 0.282 e. The van der Waals surface area contributed by atoms with Gasteiger partial charge >= 0.3 is 0 Å². The molecule has 0 N–H and O–H groups in total. The highest BCUT2D eigenvalue weighted by molar-refractivity contribution is 5.42. The predicted octanol–water partition coefficient (Wildman–Crippen LogP) is 3.85. The van der Waals surface area contributed by atoms with Gasteiger partial charge in [-0.15, -0.1) is 0 Å². The average molecular weight is 254 g/mol. The van der Waals surface area contributed by atoms with E-state index in [0.717, 1.165) is 0 Å². The van der Waals surface area contributed by atoms with Gasteiger partial charge in [0, 0.05) is 6.61 Å². The largest absolute Gasteiger partial charge is 0.339 e. The van der Waals surface area contributed by atoms with E-state index < -0.39 is 29.1 Å². The zero-order chi connectivity index (χ0) is 13.1. The van der Waals surface area contributed by atoms with Crippen molar-refractivity contribution in [2.45, 2.75) is 32.5 Å². The highest BCUT2D eigenvalue weighted by atomic mass is 19.2. The summed E-state index contributed by atoms with van der Waals surface area (Å²) in [6, 6.07) is 0. The molecule has 0 unspecified atom stereocenters. The Morgan fingerprint density at radius 3 is 1.88 bits per heavy atom.